The van der Waals surface area contributed by atoms with Crippen LogP contribution in [0.2, 0.25) is 0 Å². The van der Waals surface area contributed by atoms with Gasteiger partial charge in [0.2, 0.25) is 0 Å². The fraction of sp³-hybridized carbons (Fsp3) is 0.400. The van der Waals surface area contributed by atoms with Gasteiger partial charge in [0, 0.05) is 0 Å². The fourth-order valence-electron chi connectivity index (χ4n) is 0.527. The molecule has 0 rings (SSSR count). The average Bonchev–Trinajstić information content (AvgIpc) is 1.87. The molecule has 0 heterocycles. The average molecular weight is 136 g/mol. The van der Waals surface area contributed by atoms with E-state index in [-0.39, 0.29) is 0 Å². The van der Waals surface area contributed by atoms with Crippen molar-refractivity contribution in [3.8, 4) is 0 Å². The van der Waals surface area contributed by atoms with Gasteiger partial charge in [-0.1, -0.05) is 42.9 Å². The molecule has 0 aliphatic rings. The SMILES string of the molecule is CC/C=C/C=C\C=C(C)C. The van der Waals surface area contributed by atoms with Crippen LogP contribution in [0.3, 0.4) is 0 Å². The summed E-state index contributed by atoms with van der Waals surface area (Å²) in [5, 5.41) is 0. The van der Waals surface area contributed by atoms with Crippen LogP contribution in [0.5, 0.6) is 0 Å². The molecular weight excluding hydrogens is 120 g/mol. The van der Waals surface area contributed by atoms with E-state index in [0.29, 0.717) is 0 Å². The first kappa shape index (κ1) is 9.22. The van der Waals surface area contributed by atoms with Gasteiger partial charge in [0.05, 0.1) is 0 Å². The van der Waals surface area contributed by atoms with Gasteiger partial charge in [0.1, 0.15) is 0 Å². The lowest BCUT2D eigenvalue weighted by molar-refractivity contribution is 1.22. The van der Waals surface area contributed by atoms with Crippen LogP contribution in [0.15, 0.2) is 36.0 Å². The molecule has 0 saturated carbocycles. The summed E-state index contributed by atoms with van der Waals surface area (Å²) in [6, 6.07) is 0. The predicted octanol–water partition coefficient (Wildman–Crippen LogP) is 3.48. The van der Waals surface area contributed by atoms with Gasteiger partial charge in [-0.15, -0.1) is 0 Å². The van der Waals surface area contributed by atoms with Crippen LogP contribution in [0.25, 0.3) is 0 Å². The second-order valence-electron chi connectivity index (χ2n) is 2.47. The molecule has 0 unspecified atom stereocenters. The van der Waals surface area contributed by atoms with Crippen molar-refractivity contribution >= 4 is 0 Å². The Morgan fingerprint density at radius 1 is 1.10 bits per heavy atom. The van der Waals surface area contributed by atoms with Crippen molar-refractivity contribution in [2.75, 3.05) is 0 Å². The summed E-state index contributed by atoms with van der Waals surface area (Å²) in [5.74, 6) is 0. The van der Waals surface area contributed by atoms with E-state index in [0.717, 1.165) is 6.42 Å². The number of hydrogen-bond acceptors (Lipinski definition) is 0. The molecule has 0 aliphatic carbocycles. The van der Waals surface area contributed by atoms with Crippen molar-refractivity contribution in [2.45, 2.75) is 27.2 Å². The van der Waals surface area contributed by atoms with E-state index < -0.39 is 0 Å². The molecule has 0 aromatic carbocycles. The van der Waals surface area contributed by atoms with Gasteiger partial charge in [0.15, 0.2) is 0 Å². The minimum absolute atomic E-state index is 1.11. The molecule has 0 heteroatoms. The van der Waals surface area contributed by atoms with Gasteiger partial charge >= 0.3 is 0 Å². The molecule has 0 radical (unpaired) electrons. The third-order valence-electron chi connectivity index (χ3n) is 1.02. The highest BCUT2D eigenvalue weighted by molar-refractivity contribution is 5.13. The highest BCUT2D eigenvalue weighted by Gasteiger charge is 1.67. The maximum absolute atomic E-state index is 2.13. The van der Waals surface area contributed by atoms with E-state index in [9.17, 15) is 0 Å². The van der Waals surface area contributed by atoms with E-state index in [4.69, 9.17) is 0 Å². The van der Waals surface area contributed by atoms with Gasteiger partial charge in [-0.2, -0.15) is 0 Å². The van der Waals surface area contributed by atoms with Gasteiger partial charge in [0.25, 0.3) is 0 Å². The molecule has 0 aromatic heterocycles. The zero-order valence-corrected chi connectivity index (χ0v) is 7.09. The molecule has 0 bridgehead atoms. The van der Waals surface area contributed by atoms with E-state index in [1.807, 2.05) is 0 Å². The molecule has 0 N–H and O–H groups in total. The molecule has 0 aromatic rings. The lowest BCUT2D eigenvalue weighted by atomic mass is 10.3. The molecule has 0 atom stereocenters. The quantitative estimate of drug-likeness (QED) is 0.521. The highest BCUT2D eigenvalue weighted by Crippen LogP contribution is 1.89. The zero-order chi connectivity index (χ0) is 7.82. The maximum Gasteiger partial charge on any atom is -0.0376 e. The predicted molar refractivity (Wildman–Crippen MR) is 48.0 cm³/mol. The summed E-state index contributed by atoms with van der Waals surface area (Å²) in [5.41, 5.74) is 1.33. The van der Waals surface area contributed by atoms with Crippen LogP contribution < -0.4 is 0 Å². The zero-order valence-electron chi connectivity index (χ0n) is 7.09. The Morgan fingerprint density at radius 2 is 1.80 bits per heavy atom. The van der Waals surface area contributed by atoms with E-state index in [2.05, 4.69) is 51.2 Å². The van der Waals surface area contributed by atoms with Gasteiger partial charge in [-0.3, -0.25) is 0 Å². The highest BCUT2D eigenvalue weighted by atomic mass is 13.7. The Morgan fingerprint density at radius 3 is 2.30 bits per heavy atom. The largest absolute Gasteiger partial charge is 0.0848 e. The second-order valence-corrected chi connectivity index (χ2v) is 2.47. The Labute approximate surface area is 64.0 Å². The van der Waals surface area contributed by atoms with Gasteiger partial charge in [-0.05, 0) is 20.3 Å². The second kappa shape index (κ2) is 6.34. The van der Waals surface area contributed by atoms with E-state index in [1.165, 1.54) is 5.57 Å². The van der Waals surface area contributed by atoms with Crippen LogP contribution in [0.1, 0.15) is 27.2 Å². The summed E-state index contributed by atoms with van der Waals surface area (Å²) in [6.07, 6.45) is 11.5. The normalized spacial score (nSPS) is 11.1. The lowest BCUT2D eigenvalue weighted by Crippen LogP contribution is -1.58. The van der Waals surface area contributed by atoms with Crippen LogP contribution in [-0.2, 0) is 0 Å². The summed E-state index contributed by atoms with van der Waals surface area (Å²) in [7, 11) is 0. The molecule has 10 heavy (non-hydrogen) atoms. The minimum Gasteiger partial charge on any atom is -0.0848 e. The van der Waals surface area contributed by atoms with Crippen molar-refractivity contribution in [2.24, 2.45) is 0 Å². The Bertz CT molecular complexity index is 143. The molecule has 0 nitrogen and oxygen atoms in total. The molecule has 56 valence electrons. The van der Waals surface area contributed by atoms with Gasteiger partial charge < -0.3 is 0 Å². The monoisotopic (exact) mass is 136 g/mol. The van der Waals surface area contributed by atoms with Crippen molar-refractivity contribution in [3.05, 3.63) is 36.0 Å². The Hall–Kier alpha value is -0.780. The van der Waals surface area contributed by atoms with Crippen molar-refractivity contribution in [1.82, 2.24) is 0 Å². The topological polar surface area (TPSA) is 0 Å². The molecule has 0 fully saturated rings. The molecule has 0 saturated heterocycles. The standard InChI is InChI=1S/C10H16/c1-4-5-6-7-8-9-10(2)3/h5-9H,4H2,1-3H3/b6-5+,8-7-. The Balaban J connectivity index is 3.57. The smallest absolute Gasteiger partial charge is 0.0376 e. The summed E-state index contributed by atoms with van der Waals surface area (Å²) < 4.78 is 0. The first-order chi connectivity index (χ1) is 4.77. The van der Waals surface area contributed by atoms with Crippen molar-refractivity contribution in [3.63, 3.8) is 0 Å². The Kier molecular flexibility index (Phi) is 5.85. The fourth-order valence-corrected chi connectivity index (χ4v) is 0.527. The maximum atomic E-state index is 2.13. The van der Waals surface area contributed by atoms with Gasteiger partial charge in [-0.25, -0.2) is 0 Å². The summed E-state index contributed by atoms with van der Waals surface area (Å²) in [6.45, 7) is 6.31. The van der Waals surface area contributed by atoms with E-state index in [1.54, 1.807) is 0 Å². The third-order valence-corrected chi connectivity index (χ3v) is 1.02. The van der Waals surface area contributed by atoms with Crippen molar-refractivity contribution in [1.29, 1.82) is 0 Å². The van der Waals surface area contributed by atoms with E-state index >= 15 is 0 Å². The molecular formula is C10H16. The summed E-state index contributed by atoms with van der Waals surface area (Å²) in [4.78, 5) is 0. The minimum atomic E-state index is 1.11. The number of hydrogen-bond donors (Lipinski definition) is 0. The number of allylic oxidation sites excluding steroid dienone is 6. The van der Waals surface area contributed by atoms with Crippen molar-refractivity contribution < 1.29 is 0 Å². The molecule has 0 spiro atoms. The number of rotatable bonds is 3. The van der Waals surface area contributed by atoms with Crippen LogP contribution in [0, 0.1) is 0 Å². The van der Waals surface area contributed by atoms with Crippen LogP contribution in [-0.4, -0.2) is 0 Å². The van der Waals surface area contributed by atoms with Crippen LogP contribution in [0.4, 0.5) is 0 Å². The third kappa shape index (κ3) is 7.22. The first-order valence-electron chi connectivity index (χ1n) is 3.74. The van der Waals surface area contributed by atoms with Crippen LogP contribution >= 0.6 is 0 Å². The summed E-state index contributed by atoms with van der Waals surface area (Å²) >= 11 is 0. The molecule has 0 aliphatic heterocycles. The first-order valence-corrected chi connectivity index (χ1v) is 3.74. The lowest BCUT2D eigenvalue weighted by Gasteiger charge is -1.79. The molecule has 0 amide bonds.